The Morgan fingerprint density at radius 1 is 1.26 bits per heavy atom. The largest absolute Gasteiger partial charge is 0.368 e. The van der Waals surface area contributed by atoms with Gasteiger partial charge in [-0.3, -0.25) is 9.10 Å². The summed E-state index contributed by atoms with van der Waals surface area (Å²) < 4.78 is 27.9. The first kappa shape index (κ1) is 16.0. The zero-order chi connectivity index (χ0) is 16.8. The first-order chi connectivity index (χ1) is 10.8. The molecule has 1 aliphatic heterocycles. The first-order valence-corrected chi connectivity index (χ1v) is 9.23. The summed E-state index contributed by atoms with van der Waals surface area (Å²) in [5.41, 5.74) is 7.68. The number of nitrogens with zero attached hydrogens (tertiary/aromatic N) is 1. The fourth-order valence-electron chi connectivity index (χ4n) is 2.79. The highest BCUT2D eigenvalue weighted by atomic mass is 79.9. The molecule has 120 valence electrons. The molecule has 1 aliphatic rings. The summed E-state index contributed by atoms with van der Waals surface area (Å²) in [6.45, 7) is 1.87. The maximum atomic E-state index is 13.1. The van der Waals surface area contributed by atoms with Crippen LogP contribution >= 0.6 is 15.9 Å². The molecule has 3 rings (SSSR count). The second-order valence-corrected chi connectivity index (χ2v) is 8.12. The highest BCUT2D eigenvalue weighted by molar-refractivity contribution is 9.10. The van der Waals surface area contributed by atoms with Gasteiger partial charge in [0.25, 0.3) is 10.0 Å². The molecule has 0 radical (unpaired) electrons. The summed E-state index contributed by atoms with van der Waals surface area (Å²) in [7, 11) is -3.91. The van der Waals surface area contributed by atoms with Crippen LogP contribution in [-0.2, 0) is 21.2 Å². The molecular weight excluding hydrogens is 380 g/mol. The van der Waals surface area contributed by atoms with E-state index in [0.717, 1.165) is 15.4 Å². The molecule has 0 saturated carbocycles. The lowest BCUT2D eigenvalue weighted by Crippen LogP contribution is -2.46. The van der Waals surface area contributed by atoms with E-state index in [1.807, 2.05) is 19.1 Å². The number of primary amides is 1. The Bertz CT molecular complexity index is 896. The average molecular weight is 395 g/mol. The van der Waals surface area contributed by atoms with Gasteiger partial charge in [-0.15, -0.1) is 0 Å². The van der Waals surface area contributed by atoms with E-state index in [9.17, 15) is 13.2 Å². The number of benzene rings is 2. The number of rotatable bonds is 3. The number of nitrogens with two attached hydrogens (primary N) is 1. The van der Waals surface area contributed by atoms with Crippen LogP contribution in [0.4, 0.5) is 5.69 Å². The third kappa shape index (κ3) is 2.64. The van der Waals surface area contributed by atoms with Crippen molar-refractivity contribution in [3.63, 3.8) is 0 Å². The zero-order valence-corrected chi connectivity index (χ0v) is 14.8. The van der Waals surface area contributed by atoms with Crippen molar-refractivity contribution < 1.29 is 13.2 Å². The molecule has 0 unspecified atom stereocenters. The number of carbonyl (C=O) groups excluding carboxylic acids is 1. The lowest BCUT2D eigenvalue weighted by atomic mass is 10.1. The van der Waals surface area contributed by atoms with E-state index >= 15 is 0 Å². The average Bonchev–Trinajstić information content (AvgIpc) is 2.87. The zero-order valence-electron chi connectivity index (χ0n) is 12.4. The minimum atomic E-state index is -3.91. The molecule has 0 fully saturated rings. The van der Waals surface area contributed by atoms with Crippen molar-refractivity contribution in [2.24, 2.45) is 5.73 Å². The van der Waals surface area contributed by atoms with Gasteiger partial charge in [-0.05, 0) is 52.2 Å². The van der Waals surface area contributed by atoms with E-state index in [4.69, 9.17) is 5.73 Å². The van der Waals surface area contributed by atoms with Gasteiger partial charge in [0.2, 0.25) is 5.91 Å². The predicted molar refractivity (Wildman–Crippen MR) is 91.7 cm³/mol. The second-order valence-electron chi connectivity index (χ2n) is 5.49. The number of hydrogen-bond acceptors (Lipinski definition) is 3. The number of aryl methyl sites for hydroxylation is 1. The Kier molecular flexibility index (Phi) is 3.93. The minimum absolute atomic E-state index is 0.117. The molecule has 1 amide bonds. The van der Waals surface area contributed by atoms with Crippen molar-refractivity contribution in [2.45, 2.75) is 24.3 Å². The van der Waals surface area contributed by atoms with Gasteiger partial charge in [0.15, 0.2) is 0 Å². The summed E-state index contributed by atoms with van der Waals surface area (Å²) >= 11 is 3.30. The van der Waals surface area contributed by atoms with E-state index in [1.165, 1.54) is 6.07 Å². The molecule has 0 bridgehead atoms. The van der Waals surface area contributed by atoms with Crippen molar-refractivity contribution >= 4 is 37.5 Å². The fourth-order valence-corrected chi connectivity index (χ4v) is 5.61. The predicted octanol–water partition coefficient (Wildman–Crippen LogP) is 2.36. The number of carbonyl (C=O) groups is 1. The molecule has 1 heterocycles. The van der Waals surface area contributed by atoms with Crippen molar-refractivity contribution in [3.8, 4) is 0 Å². The smallest absolute Gasteiger partial charge is 0.266 e. The second kappa shape index (κ2) is 5.65. The maximum absolute atomic E-state index is 13.1. The number of sulfonamides is 1. The molecule has 0 aliphatic carbocycles. The third-order valence-electron chi connectivity index (χ3n) is 3.88. The van der Waals surface area contributed by atoms with Crippen molar-refractivity contribution in [1.29, 1.82) is 0 Å². The summed E-state index contributed by atoms with van der Waals surface area (Å²) in [4.78, 5) is 11.9. The van der Waals surface area contributed by atoms with Crippen LogP contribution in [0.2, 0.25) is 0 Å². The number of amides is 1. The Balaban J connectivity index is 2.19. The van der Waals surface area contributed by atoms with Crippen LogP contribution in [0.3, 0.4) is 0 Å². The van der Waals surface area contributed by atoms with Gasteiger partial charge in [0, 0.05) is 10.9 Å². The number of para-hydroxylation sites is 1. The Morgan fingerprint density at radius 2 is 1.96 bits per heavy atom. The van der Waals surface area contributed by atoms with E-state index in [-0.39, 0.29) is 11.3 Å². The molecule has 5 nitrogen and oxygen atoms in total. The van der Waals surface area contributed by atoms with Gasteiger partial charge in [-0.2, -0.15) is 0 Å². The Morgan fingerprint density at radius 3 is 2.61 bits per heavy atom. The van der Waals surface area contributed by atoms with Crippen LogP contribution in [-0.4, -0.2) is 20.4 Å². The number of fused-ring (bicyclic) bond motifs is 1. The van der Waals surface area contributed by atoms with Crippen molar-refractivity contribution in [1.82, 2.24) is 0 Å². The van der Waals surface area contributed by atoms with Crippen LogP contribution in [0.15, 0.2) is 51.8 Å². The molecule has 23 heavy (non-hydrogen) atoms. The molecule has 0 saturated heterocycles. The SMILES string of the molecule is Cc1ccc(S(=O)(=O)N2c3ccccc3C[C@H]2C(N)=O)c(Br)c1. The number of halogens is 1. The summed E-state index contributed by atoms with van der Waals surface area (Å²) in [6.07, 6.45) is 0.286. The van der Waals surface area contributed by atoms with Crippen molar-refractivity contribution in [3.05, 3.63) is 58.1 Å². The van der Waals surface area contributed by atoms with Gasteiger partial charge in [-0.25, -0.2) is 8.42 Å². The van der Waals surface area contributed by atoms with E-state index < -0.39 is 22.0 Å². The van der Waals surface area contributed by atoms with Gasteiger partial charge >= 0.3 is 0 Å². The molecule has 2 aromatic carbocycles. The van der Waals surface area contributed by atoms with Crippen LogP contribution in [0.25, 0.3) is 0 Å². The lowest BCUT2D eigenvalue weighted by molar-refractivity contribution is -0.118. The molecule has 1 atom stereocenters. The maximum Gasteiger partial charge on any atom is 0.266 e. The Hall–Kier alpha value is -1.86. The molecule has 2 N–H and O–H groups in total. The fraction of sp³-hybridized carbons (Fsp3) is 0.188. The van der Waals surface area contributed by atoms with E-state index in [2.05, 4.69) is 15.9 Å². The highest BCUT2D eigenvalue weighted by Gasteiger charge is 2.41. The number of anilines is 1. The first-order valence-electron chi connectivity index (χ1n) is 7.00. The minimum Gasteiger partial charge on any atom is -0.368 e. The van der Waals surface area contributed by atoms with Gasteiger partial charge < -0.3 is 5.73 Å². The molecule has 2 aromatic rings. The van der Waals surface area contributed by atoms with Crippen LogP contribution in [0.5, 0.6) is 0 Å². The number of hydrogen-bond donors (Lipinski definition) is 1. The molecular formula is C16H15BrN2O3S. The molecule has 0 spiro atoms. The van der Waals surface area contributed by atoms with Gasteiger partial charge in [-0.1, -0.05) is 24.3 Å². The van der Waals surface area contributed by atoms with Crippen LogP contribution < -0.4 is 10.0 Å². The van der Waals surface area contributed by atoms with E-state index in [1.54, 1.807) is 24.3 Å². The summed E-state index contributed by atoms with van der Waals surface area (Å²) in [6, 6.07) is 11.1. The molecule has 7 heteroatoms. The summed E-state index contributed by atoms with van der Waals surface area (Å²) in [5, 5.41) is 0. The standard InChI is InChI=1S/C16H15BrN2O3S/c1-10-6-7-15(12(17)8-10)23(21,22)19-13-5-3-2-4-11(13)9-14(19)16(18)20/h2-8,14H,9H2,1H3,(H2,18,20)/t14-/m0/s1. The summed E-state index contributed by atoms with van der Waals surface area (Å²) in [5.74, 6) is -0.659. The van der Waals surface area contributed by atoms with Crippen LogP contribution in [0, 0.1) is 6.92 Å². The lowest BCUT2D eigenvalue weighted by Gasteiger charge is -2.25. The van der Waals surface area contributed by atoms with Crippen LogP contribution in [0.1, 0.15) is 11.1 Å². The monoisotopic (exact) mass is 394 g/mol. The van der Waals surface area contributed by atoms with E-state index in [0.29, 0.717) is 10.2 Å². The van der Waals surface area contributed by atoms with Gasteiger partial charge in [0.1, 0.15) is 10.9 Å². The quantitative estimate of drug-likeness (QED) is 0.867. The van der Waals surface area contributed by atoms with Crippen molar-refractivity contribution in [2.75, 3.05) is 4.31 Å². The normalized spacial score (nSPS) is 17.1. The Labute approximate surface area is 143 Å². The van der Waals surface area contributed by atoms with Gasteiger partial charge in [0.05, 0.1) is 5.69 Å². The third-order valence-corrected chi connectivity index (χ3v) is 6.68. The topological polar surface area (TPSA) is 80.5 Å². The molecule has 0 aromatic heterocycles. The highest BCUT2D eigenvalue weighted by Crippen LogP contribution is 2.38.